The summed E-state index contributed by atoms with van der Waals surface area (Å²) in [6.45, 7) is 0. The number of alkyl halides is 3. The Morgan fingerprint density at radius 1 is 0.857 bits per heavy atom. The van der Waals surface area contributed by atoms with E-state index < -0.39 is 17.6 Å². The molecule has 0 aromatic heterocycles. The third-order valence-corrected chi connectivity index (χ3v) is 2.95. The summed E-state index contributed by atoms with van der Waals surface area (Å²) >= 11 is 0. The average molecular weight is 300 g/mol. The molecule has 0 amide bonds. The fourth-order valence-electron chi connectivity index (χ4n) is 1.89. The Hall–Kier alpha value is -2.24. The summed E-state index contributed by atoms with van der Waals surface area (Å²) in [5.41, 5.74) is -0.823. The molecule has 0 fully saturated rings. The minimum Gasteiger partial charge on any atom is -0.497 e. The molecule has 6 heteroatoms. The van der Waals surface area contributed by atoms with Crippen molar-refractivity contribution in [3.05, 3.63) is 47.8 Å². The molecule has 0 bridgehead atoms. The van der Waals surface area contributed by atoms with Crippen LogP contribution in [0.4, 0.5) is 17.6 Å². The number of ether oxygens (including phenoxy) is 2. The molecule has 2 rings (SSSR count). The summed E-state index contributed by atoms with van der Waals surface area (Å²) in [5.74, 6) is -0.290. The van der Waals surface area contributed by atoms with Gasteiger partial charge < -0.3 is 9.47 Å². The van der Waals surface area contributed by atoms with Gasteiger partial charge in [-0.25, -0.2) is 4.39 Å². The van der Waals surface area contributed by atoms with Gasteiger partial charge in [0, 0.05) is 5.56 Å². The molecule has 21 heavy (non-hydrogen) atoms. The first-order valence-corrected chi connectivity index (χ1v) is 5.95. The SMILES string of the molecule is COc1cc(-c2cc(OC)ccc2F)cc(C(F)(F)F)c1. The molecule has 0 atom stereocenters. The summed E-state index contributed by atoms with van der Waals surface area (Å²) in [7, 11) is 2.64. The quantitative estimate of drug-likeness (QED) is 0.775. The fraction of sp³-hybridized carbons (Fsp3) is 0.200. The maximum atomic E-state index is 13.9. The van der Waals surface area contributed by atoms with Crippen LogP contribution in [0.1, 0.15) is 5.56 Å². The molecule has 0 aliphatic carbocycles. The van der Waals surface area contributed by atoms with Gasteiger partial charge in [0.2, 0.25) is 0 Å². The van der Waals surface area contributed by atoms with Gasteiger partial charge in [-0.1, -0.05) is 0 Å². The molecular formula is C15H12F4O2. The molecule has 0 spiro atoms. The van der Waals surface area contributed by atoms with Crippen LogP contribution in [0.25, 0.3) is 11.1 Å². The van der Waals surface area contributed by atoms with Gasteiger partial charge in [-0.2, -0.15) is 13.2 Å². The van der Waals surface area contributed by atoms with Gasteiger partial charge in [0.25, 0.3) is 0 Å². The summed E-state index contributed by atoms with van der Waals surface area (Å²) in [6, 6.07) is 6.95. The number of benzene rings is 2. The van der Waals surface area contributed by atoms with E-state index in [0.717, 1.165) is 18.2 Å². The van der Waals surface area contributed by atoms with Crippen molar-refractivity contribution < 1.29 is 27.0 Å². The molecule has 0 unspecified atom stereocenters. The monoisotopic (exact) mass is 300 g/mol. The predicted molar refractivity (Wildman–Crippen MR) is 69.9 cm³/mol. The molecule has 2 nitrogen and oxygen atoms in total. The van der Waals surface area contributed by atoms with Crippen LogP contribution < -0.4 is 9.47 Å². The summed E-state index contributed by atoms with van der Waals surface area (Å²) in [5, 5.41) is 0. The molecule has 0 aliphatic rings. The topological polar surface area (TPSA) is 18.5 Å². The first-order chi connectivity index (χ1) is 9.85. The molecule has 0 aliphatic heterocycles. The Morgan fingerprint density at radius 2 is 1.52 bits per heavy atom. The highest BCUT2D eigenvalue weighted by Gasteiger charge is 2.31. The zero-order valence-electron chi connectivity index (χ0n) is 11.3. The third kappa shape index (κ3) is 3.26. The second-order valence-corrected chi connectivity index (χ2v) is 4.29. The lowest BCUT2D eigenvalue weighted by Crippen LogP contribution is -2.05. The van der Waals surface area contributed by atoms with E-state index in [4.69, 9.17) is 9.47 Å². The number of methoxy groups -OCH3 is 2. The van der Waals surface area contributed by atoms with Crippen LogP contribution in [0.3, 0.4) is 0 Å². The van der Waals surface area contributed by atoms with Crippen LogP contribution in [-0.4, -0.2) is 14.2 Å². The van der Waals surface area contributed by atoms with E-state index in [1.807, 2.05) is 0 Å². The van der Waals surface area contributed by atoms with E-state index in [2.05, 4.69) is 0 Å². The number of hydrogen-bond donors (Lipinski definition) is 0. The second kappa shape index (κ2) is 5.63. The highest BCUT2D eigenvalue weighted by atomic mass is 19.4. The zero-order chi connectivity index (χ0) is 15.6. The van der Waals surface area contributed by atoms with Gasteiger partial charge >= 0.3 is 6.18 Å². The molecular weight excluding hydrogens is 288 g/mol. The van der Waals surface area contributed by atoms with E-state index in [1.165, 1.54) is 32.4 Å². The summed E-state index contributed by atoms with van der Waals surface area (Å²) < 4.78 is 62.3. The Kier molecular flexibility index (Phi) is 4.06. The molecule has 2 aromatic carbocycles. The van der Waals surface area contributed by atoms with E-state index in [-0.39, 0.29) is 16.9 Å². The second-order valence-electron chi connectivity index (χ2n) is 4.29. The number of halogens is 4. The minimum atomic E-state index is -4.54. The van der Waals surface area contributed by atoms with Crippen LogP contribution in [0, 0.1) is 5.82 Å². The van der Waals surface area contributed by atoms with Crippen molar-refractivity contribution in [3.8, 4) is 22.6 Å². The van der Waals surface area contributed by atoms with Crippen LogP contribution in [0.5, 0.6) is 11.5 Å². The maximum absolute atomic E-state index is 13.9. The maximum Gasteiger partial charge on any atom is 0.416 e. The van der Waals surface area contributed by atoms with Crippen molar-refractivity contribution in [2.45, 2.75) is 6.18 Å². The van der Waals surface area contributed by atoms with E-state index in [0.29, 0.717) is 5.75 Å². The Balaban J connectivity index is 2.63. The number of rotatable bonds is 3. The lowest BCUT2D eigenvalue weighted by Gasteiger charge is -2.13. The highest BCUT2D eigenvalue weighted by molar-refractivity contribution is 5.68. The fourth-order valence-corrected chi connectivity index (χ4v) is 1.89. The first kappa shape index (κ1) is 15.2. The van der Waals surface area contributed by atoms with Crippen LogP contribution in [0.2, 0.25) is 0 Å². The molecule has 0 heterocycles. The van der Waals surface area contributed by atoms with Crippen molar-refractivity contribution in [2.24, 2.45) is 0 Å². The van der Waals surface area contributed by atoms with Gasteiger partial charge in [0.15, 0.2) is 0 Å². The zero-order valence-corrected chi connectivity index (χ0v) is 11.3. The molecule has 0 saturated heterocycles. The summed E-state index contributed by atoms with van der Waals surface area (Å²) in [4.78, 5) is 0. The Morgan fingerprint density at radius 3 is 2.10 bits per heavy atom. The van der Waals surface area contributed by atoms with Gasteiger partial charge in [-0.15, -0.1) is 0 Å². The standard InChI is InChI=1S/C15H12F4O2/c1-20-11-3-4-14(16)13(8-11)9-5-10(15(17,18)19)7-12(6-9)21-2/h3-8H,1-2H3. The minimum absolute atomic E-state index is 0.00189. The van der Waals surface area contributed by atoms with Gasteiger partial charge in [0.05, 0.1) is 19.8 Å². The van der Waals surface area contributed by atoms with Crippen molar-refractivity contribution in [1.29, 1.82) is 0 Å². The molecule has 0 saturated carbocycles. The molecule has 0 radical (unpaired) electrons. The normalized spacial score (nSPS) is 11.3. The van der Waals surface area contributed by atoms with Crippen molar-refractivity contribution in [2.75, 3.05) is 14.2 Å². The number of hydrogen-bond acceptors (Lipinski definition) is 2. The highest BCUT2D eigenvalue weighted by Crippen LogP contribution is 2.37. The Bertz CT molecular complexity index is 651. The van der Waals surface area contributed by atoms with E-state index >= 15 is 0 Å². The van der Waals surface area contributed by atoms with Gasteiger partial charge in [-0.3, -0.25) is 0 Å². The van der Waals surface area contributed by atoms with E-state index in [1.54, 1.807) is 0 Å². The smallest absolute Gasteiger partial charge is 0.416 e. The van der Waals surface area contributed by atoms with E-state index in [9.17, 15) is 17.6 Å². The van der Waals surface area contributed by atoms with Crippen molar-refractivity contribution in [3.63, 3.8) is 0 Å². The van der Waals surface area contributed by atoms with Crippen molar-refractivity contribution >= 4 is 0 Å². The molecule has 0 N–H and O–H groups in total. The van der Waals surface area contributed by atoms with Crippen LogP contribution >= 0.6 is 0 Å². The predicted octanol–water partition coefficient (Wildman–Crippen LogP) is 4.53. The third-order valence-electron chi connectivity index (χ3n) is 2.95. The average Bonchev–Trinajstić information content (AvgIpc) is 2.46. The van der Waals surface area contributed by atoms with Crippen LogP contribution in [-0.2, 0) is 6.18 Å². The molecule has 112 valence electrons. The largest absolute Gasteiger partial charge is 0.497 e. The van der Waals surface area contributed by atoms with Crippen LogP contribution in [0.15, 0.2) is 36.4 Å². The Labute approximate surface area is 118 Å². The summed E-state index contributed by atoms with van der Waals surface area (Å²) in [6.07, 6.45) is -4.54. The molecule has 2 aromatic rings. The lowest BCUT2D eigenvalue weighted by molar-refractivity contribution is -0.137. The lowest BCUT2D eigenvalue weighted by atomic mass is 10.0. The van der Waals surface area contributed by atoms with Crippen molar-refractivity contribution in [1.82, 2.24) is 0 Å². The first-order valence-electron chi connectivity index (χ1n) is 5.95. The van der Waals surface area contributed by atoms with Gasteiger partial charge in [-0.05, 0) is 42.0 Å². The van der Waals surface area contributed by atoms with Gasteiger partial charge in [0.1, 0.15) is 17.3 Å².